The van der Waals surface area contributed by atoms with Crippen LogP contribution in [0.25, 0.3) is 0 Å². The number of nitrogens with one attached hydrogen (secondary N) is 2. The Hall–Kier alpha value is -2.76. The molecule has 0 radical (unpaired) electrons. The van der Waals surface area contributed by atoms with E-state index in [1.807, 2.05) is 68.4 Å². The summed E-state index contributed by atoms with van der Waals surface area (Å²) >= 11 is 7.42. The second kappa shape index (κ2) is 11.0. The molecule has 0 heterocycles. The van der Waals surface area contributed by atoms with Crippen molar-refractivity contribution in [2.24, 2.45) is 0 Å². The highest BCUT2D eigenvalue weighted by Crippen LogP contribution is 2.28. The maximum atomic E-state index is 12.9. The van der Waals surface area contributed by atoms with E-state index in [1.54, 1.807) is 24.3 Å². The van der Waals surface area contributed by atoms with E-state index in [1.165, 1.54) is 11.8 Å². The van der Waals surface area contributed by atoms with Gasteiger partial charge in [-0.15, -0.1) is 11.8 Å². The zero-order chi connectivity index (χ0) is 22.2. The van der Waals surface area contributed by atoms with E-state index >= 15 is 0 Å². The quantitative estimate of drug-likeness (QED) is 0.392. The van der Waals surface area contributed by atoms with Crippen molar-refractivity contribution in [1.82, 2.24) is 5.32 Å². The molecule has 4 nitrogen and oxygen atoms in total. The molecule has 3 aromatic carbocycles. The molecule has 31 heavy (non-hydrogen) atoms. The first-order valence-corrected chi connectivity index (χ1v) is 11.4. The van der Waals surface area contributed by atoms with Gasteiger partial charge in [0.25, 0.3) is 5.91 Å². The summed E-state index contributed by atoms with van der Waals surface area (Å²) in [6.07, 6.45) is 0.651. The molecule has 6 heteroatoms. The summed E-state index contributed by atoms with van der Waals surface area (Å²) in [7, 11) is 0. The van der Waals surface area contributed by atoms with Crippen LogP contribution in [-0.2, 0) is 4.79 Å². The molecule has 2 N–H and O–H groups in total. The number of amides is 2. The zero-order valence-electron chi connectivity index (χ0n) is 17.5. The Balaban J connectivity index is 1.70. The number of carbonyl (C=O) groups excluding carboxylic acids is 2. The highest BCUT2D eigenvalue weighted by Gasteiger charge is 2.21. The van der Waals surface area contributed by atoms with E-state index < -0.39 is 0 Å². The van der Waals surface area contributed by atoms with Crippen LogP contribution < -0.4 is 10.6 Å². The van der Waals surface area contributed by atoms with Crippen LogP contribution in [0.1, 0.15) is 42.2 Å². The SMILES string of the molecule is CC[C@@H](Sc1ccc(Cl)cc1)C(=O)Nc1ccccc1C(=O)N[C@@H](C)c1ccccc1. The van der Waals surface area contributed by atoms with E-state index in [0.717, 1.165) is 10.5 Å². The van der Waals surface area contributed by atoms with E-state index in [0.29, 0.717) is 22.7 Å². The smallest absolute Gasteiger partial charge is 0.253 e. The van der Waals surface area contributed by atoms with Crippen LogP contribution in [0.3, 0.4) is 0 Å². The molecule has 0 spiro atoms. The number of thioether (sulfide) groups is 1. The van der Waals surface area contributed by atoms with Gasteiger partial charge in [0.2, 0.25) is 5.91 Å². The summed E-state index contributed by atoms with van der Waals surface area (Å²) in [5.41, 5.74) is 1.95. The van der Waals surface area contributed by atoms with E-state index in [2.05, 4.69) is 10.6 Å². The summed E-state index contributed by atoms with van der Waals surface area (Å²) in [6, 6.07) is 24.1. The van der Waals surface area contributed by atoms with Crippen molar-refractivity contribution >= 4 is 40.9 Å². The summed E-state index contributed by atoms with van der Waals surface area (Å²) in [4.78, 5) is 26.8. The van der Waals surface area contributed by atoms with Crippen molar-refractivity contribution < 1.29 is 9.59 Å². The van der Waals surface area contributed by atoms with Gasteiger partial charge in [0.05, 0.1) is 22.5 Å². The molecule has 2 amide bonds. The molecular formula is C25H25ClN2O2S. The van der Waals surface area contributed by atoms with Crippen molar-refractivity contribution in [3.8, 4) is 0 Å². The average Bonchev–Trinajstić information content (AvgIpc) is 2.79. The molecule has 0 aliphatic heterocycles. The average molecular weight is 453 g/mol. The topological polar surface area (TPSA) is 58.2 Å². The molecule has 0 saturated carbocycles. The Kier molecular flexibility index (Phi) is 8.15. The van der Waals surface area contributed by atoms with Gasteiger partial charge in [-0.1, -0.05) is 61.0 Å². The predicted molar refractivity (Wildman–Crippen MR) is 129 cm³/mol. The van der Waals surface area contributed by atoms with Gasteiger partial charge in [0.15, 0.2) is 0 Å². The van der Waals surface area contributed by atoms with E-state index in [-0.39, 0.29) is 23.1 Å². The number of carbonyl (C=O) groups is 2. The number of hydrogen-bond acceptors (Lipinski definition) is 3. The summed E-state index contributed by atoms with van der Waals surface area (Å²) < 4.78 is 0. The number of halogens is 1. The fourth-order valence-corrected chi connectivity index (χ4v) is 4.18. The molecule has 0 unspecified atom stereocenters. The molecular weight excluding hydrogens is 428 g/mol. The minimum absolute atomic E-state index is 0.140. The fraction of sp³-hybridized carbons (Fsp3) is 0.200. The molecule has 0 aromatic heterocycles. The van der Waals surface area contributed by atoms with Gasteiger partial charge in [-0.2, -0.15) is 0 Å². The minimum atomic E-state index is -0.291. The molecule has 0 aliphatic carbocycles. The standard InChI is InChI=1S/C25H25ClN2O2S/c1-3-23(31-20-15-13-19(26)14-16-20)25(30)28-22-12-8-7-11-21(22)24(29)27-17(2)18-9-5-4-6-10-18/h4-17,23H,3H2,1-2H3,(H,27,29)(H,28,30)/t17-,23+/m0/s1. The molecule has 0 aliphatic rings. The van der Waals surface area contributed by atoms with Crippen molar-refractivity contribution in [3.05, 3.63) is 95.0 Å². The highest BCUT2D eigenvalue weighted by molar-refractivity contribution is 8.00. The Bertz CT molecular complexity index is 1030. The first-order chi connectivity index (χ1) is 15.0. The lowest BCUT2D eigenvalue weighted by molar-refractivity contribution is -0.115. The van der Waals surface area contributed by atoms with Gasteiger partial charge < -0.3 is 10.6 Å². The molecule has 160 valence electrons. The third kappa shape index (κ3) is 6.36. The third-order valence-corrected chi connectivity index (χ3v) is 6.46. The second-order valence-electron chi connectivity index (χ2n) is 7.11. The third-order valence-electron chi connectivity index (χ3n) is 4.83. The first kappa shape index (κ1) is 22.9. The first-order valence-electron chi connectivity index (χ1n) is 10.2. The van der Waals surface area contributed by atoms with Crippen LogP contribution >= 0.6 is 23.4 Å². The van der Waals surface area contributed by atoms with Crippen LogP contribution in [0, 0.1) is 0 Å². The van der Waals surface area contributed by atoms with Crippen molar-refractivity contribution in [2.45, 2.75) is 36.5 Å². The van der Waals surface area contributed by atoms with E-state index in [9.17, 15) is 9.59 Å². The number of anilines is 1. The minimum Gasteiger partial charge on any atom is -0.345 e. The highest BCUT2D eigenvalue weighted by atomic mass is 35.5. The Morgan fingerprint density at radius 2 is 1.58 bits per heavy atom. The summed E-state index contributed by atoms with van der Waals surface area (Å²) in [5, 5.41) is 6.31. The van der Waals surface area contributed by atoms with Crippen LogP contribution in [0.15, 0.2) is 83.8 Å². The zero-order valence-corrected chi connectivity index (χ0v) is 19.0. The lowest BCUT2D eigenvalue weighted by Gasteiger charge is -2.18. The maximum Gasteiger partial charge on any atom is 0.253 e. The van der Waals surface area contributed by atoms with Gasteiger partial charge in [-0.25, -0.2) is 0 Å². The van der Waals surface area contributed by atoms with Crippen LogP contribution in [-0.4, -0.2) is 17.1 Å². The van der Waals surface area contributed by atoms with Gasteiger partial charge in [0.1, 0.15) is 0 Å². The summed E-state index contributed by atoms with van der Waals surface area (Å²) in [5.74, 6) is -0.371. The molecule has 3 aromatic rings. The molecule has 3 rings (SSSR count). The largest absolute Gasteiger partial charge is 0.345 e. The van der Waals surface area contributed by atoms with Gasteiger partial charge in [0, 0.05) is 9.92 Å². The van der Waals surface area contributed by atoms with Crippen LogP contribution in [0.5, 0.6) is 0 Å². The van der Waals surface area contributed by atoms with Crippen LogP contribution in [0.4, 0.5) is 5.69 Å². The molecule has 0 fully saturated rings. The van der Waals surface area contributed by atoms with Crippen molar-refractivity contribution in [3.63, 3.8) is 0 Å². The Morgan fingerprint density at radius 1 is 0.935 bits per heavy atom. The Morgan fingerprint density at radius 3 is 2.26 bits per heavy atom. The Labute approximate surface area is 192 Å². The molecule has 2 atom stereocenters. The lowest BCUT2D eigenvalue weighted by atomic mass is 10.1. The van der Waals surface area contributed by atoms with Crippen molar-refractivity contribution in [2.75, 3.05) is 5.32 Å². The number of hydrogen-bond donors (Lipinski definition) is 2. The van der Waals surface area contributed by atoms with E-state index in [4.69, 9.17) is 11.6 Å². The maximum absolute atomic E-state index is 12.9. The second-order valence-corrected chi connectivity index (χ2v) is 8.82. The van der Waals surface area contributed by atoms with Gasteiger partial charge >= 0.3 is 0 Å². The monoisotopic (exact) mass is 452 g/mol. The number of para-hydroxylation sites is 1. The predicted octanol–water partition coefficient (Wildman–Crippen LogP) is 6.34. The fourth-order valence-electron chi connectivity index (χ4n) is 3.10. The number of benzene rings is 3. The van der Waals surface area contributed by atoms with Gasteiger partial charge in [-0.05, 0) is 55.3 Å². The van der Waals surface area contributed by atoms with Gasteiger partial charge in [-0.3, -0.25) is 9.59 Å². The van der Waals surface area contributed by atoms with Crippen LogP contribution in [0.2, 0.25) is 5.02 Å². The molecule has 0 saturated heterocycles. The number of rotatable bonds is 8. The lowest BCUT2D eigenvalue weighted by Crippen LogP contribution is -2.29. The summed E-state index contributed by atoms with van der Waals surface area (Å²) in [6.45, 7) is 3.90. The van der Waals surface area contributed by atoms with Crippen molar-refractivity contribution in [1.29, 1.82) is 0 Å². The molecule has 0 bridgehead atoms. The normalized spacial score (nSPS) is 12.6.